The lowest BCUT2D eigenvalue weighted by Gasteiger charge is -2.00. The van der Waals surface area contributed by atoms with Gasteiger partial charge in [0.05, 0.1) is 11.6 Å². The molecule has 0 radical (unpaired) electrons. The molecule has 0 saturated carbocycles. The lowest BCUT2D eigenvalue weighted by molar-refractivity contribution is 0.0949. The average molecular weight is 209 g/mol. The molecule has 0 atom stereocenters. The first-order valence-electron chi connectivity index (χ1n) is 4.38. The highest BCUT2D eigenvalue weighted by Gasteiger charge is 2.05. The number of rotatable bonds is 5. The number of carbonyl (C=O) groups excluding carboxylic acids is 1. The summed E-state index contributed by atoms with van der Waals surface area (Å²) in [6, 6.07) is 2.06. The van der Waals surface area contributed by atoms with E-state index >= 15 is 0 Å². The fourth-order valence-corrected chi connectivity index (χ4v) is 1.48. The Bertz CT molecular complexity index is 315. The minimum absolute atomic E-state index is 0.136. The van der Waals surface area contributed by atoms with E-state index in [9.17, 15) is 4.79 Å². The zero-order valence-corrected chi connectivity index (χ0v) is 8.51. The number of aromatic nitrogens is 1. The number of unbranched alkanes of at least 4 members (excludes halogenated alkanes) is 2. The molecule has 0 aliphatic carbocycles. The quantitative estimate of drug-likeness (QED) is 0.748. The molecule has 5 heteroatoms. The summed E-state index contributed by atoms with van der Waals surface area (Å²) in [5.41, 5.74) is 2.10. The fourth-order valence-electron chi connectivity index (χ4n) is 0.946. The summed E-state index contributed by atoms with van der Waals surface area (Å²) in [4.78, 5) is 15.2. The second kappa shape index (κ2) is 6.11. The van der Waals surface area contributed by atoms with Crippen LogP contribution in [0.3, 0.4) is 0 Å². The highest BCUT2D eigenvalue weighted by Crippen LogP contribution is 2.00. The highest BCUT2D eigenvalue weighted by molar-refractivity contribution is 7.07. The summed E-state index contributed by atoms with van der Waals surface area (Å²) in [6.07, 6.45) is 2.21. The van der Waals surface area contributed by atoms with Crippen LogP contribution in [-0.2, 0) is 0 Å². The van der Waals surface area contributed by atoms with Gasteiger partial charge >= 0.3 is 0 Å². The molecule has 74 valence electrons. The van der Waals surface area contributed by atoms with Crippen LogP contribution in [0.4, 0.5) is 0 Å². The van der Waals surface area contributed by atoms with E-state index in [2.05, 4.69) is 16.4 Å². The van der Waals surface area contributed by atoms with Gasteiger partial charge in [-0.3, -0.25) is 4.79 Å². The third kappa shape index (κ3) is 3.54. The predicted molar refractivity (Wildman–Crippen MR) is 53.9 cm³/mol. The number of amides is 1. The third-order valence-electron chi connectivity index (χ3n) is 1.67. The summed E-state index contributed by atoms with van der Waals surface area (Å²) in [6.45, 7) is 0.609. The molecule has 4 nitrogen and oxygen atoms in total. The lowest BCUT2D eigenvalue weighted by atomic mass is 10.2. The van der Waals surface area contributed by atoms with Crippen molar-refractivity contribution in [2.24, 2.45) is 0 Å². The number of nitrogens with zero attached hydrogens (tertiary/aromatic N) is 2. The lowest BCUT2D eigenvalue weighted by Crippen LogP contribution is -2.24. The fraction of sp³-hybridized carbons (Fsp3) is 0.444. The molecule has 0 spiro atoms. The van der Waals surface area contributed by atoms with Crippen LogP contribution in [0.2, 0.25) is 0 Å². The van der Waals surface area contributed by atoms with E-state index < -0.39 is 0 Å². The Morgan fingerprint density at radius 2 is 2.50 bits per heavy atom. The Morgan fingerprint density at radius 1 is 1.64 bits per heavy atom. The summed E-state index contributed by atoms with van der Waals surface area (Å²) in [5.74, 6) is -0.136. The van der Waals surface area contributed by atoms with Crippen molar-refractivity contribution in [1.29, 1.82) is 5.26 Å². The van der Waals surface area contributed by atoms with E-state index in [1.165, 1.54) is 11.3 Å². The van der Waals surface area contributed by atoms with Crippen molar-refractivity contribution in [2.45, 2.75) is 19.3 Å². The average Bonchev–Trinajstić information content (AvgIpc) is 2.70. The minimum Gasteiger partial charge on any atom is -0.351 e. The van der Waals surface area contributed by atoms with E-state index in [1.807, 2.05) is 0 Å². The van der Waals surface area contributed by atoms with Gasteiger partial charge in [-0.2, -0.15) is 5.26 Å². The van der Waals surface area contributed by atoms with Crippen LogP contribution in [0, 0.1) is 11.3 Å². The van der Waals surface area contributed by atoms with Crippen LogP contribution < -0.4 is 5.32 Å². The number of hydrogen-bond donors (Lipinski definition) is 1. The molecule has 1 amide bonds. The number of thiazole rings is 1. The maximum Gasteiger partial charge on any atom is 0.270 e. The maximum atomic E-state index is 11.3. The Balaban J connectivity index is 2.14. The maximum absolute atomic E-state index is 11.3. The molecular weight excluding hydrogens is 198 g/mol. The number of nitriles is 1. The van der Waals surface area contributed by atoms with Crippen molar-refractivity contribution >= 4 is 17.2 Å². The summed E-state index contributed by atoms with van der Waals surface area (Å²) >= 11 is 1.40. The van der Waals surface area contributed by atoms with Gasteiger partial charge in [0.2, 0.25) is 0 Å². The van der Waals surface area contributed by atoms with Crippen molar-refractivity contribution in [3.8, 4) is 6.07 Å². The van der Waals surface area contributed by atoms with Gasteiger partial charge in [-0.25, -0.2) is 4.98 Å². The smallest absolute Gasteiger partial charge is 0.270 e. The van der Waals surface area contributed by atoms with Gasteiger partial charge in [0.15, 0.2) is 0 Å². The second-order valence-electron chi connectivity index (χ2n) is 2.74. The molecular formula is C9H11N3OS. The number of hydrogen-bond acceptors (Lipinski definition) is 4. The monoisotopic (exact) mass is 209 g/mol. The summed E-state index contributed by atoms with van der Waals surface area (Å²) in [7, 11) is 0. The number of nitrogens with one attached hydrogen (secondary N) is 1. The zero-order valence-electron chi connectivity index (χ0n) is 7.69. The molecule has 0 fully saturated rings. The molecule has 14 heavy (non-hydrogen) atoms. The molecule has 1 aromatic rings. The molecule has 0 saturated heterocycles. The standard InChI is InChI=1S/C9H11N3OS/c10-4-2-1-3-5-11-9(13)8-6-14-7-12-8/h6-7H,1-3,5H2,(H,11,13). The normalized spacial score (nSPS) is 9.36. The van der Waals surface area contributed by atoms with Gasteiger partial charge in [0.1, 0.15) is 5.69 Å². The molecule has 1 N–H and O–H groups in total. The van der Waals surface area contributed by atoms with E-state index in [0.717, 1.165) is 12.8 Å². The van der Waals surface area contributed by atoms with Crippen LogP contribution in [0.1, 0.15) is 29.8 Å². The Kier molecular flexibility index (Phi) is 4.65. The first-order valence-corrected chi connectivity index (χ1v) is 5.32. The number of carbonyl (C=O) groups is 1. The van der Waals surface area contributed by atoms with Crippen molar-refractivity contribution in [3.63, 3.8) is 0 Å². The Labute approximate surface area is 86.6 Å². The van der Waals surface area contributed by atoms with Gasteiger partial charge in [-0.15, -0.1) is 11.3 Å². The van der Waals surface area contributed by atoms with Gasteiger partial charge in [0, 0.05) is 18.3 Å². The van der Waals surface area contributed by atoms with E-state index in [-0.39, 0.29) is 5.91 Å². The van der Waals surface area contributed by atoms with Crippen molar-refractivity contribution in [3.05, 3.63) is 16.6 Å². The van der Waals surface area contributed by atoms with Crippen LogP contribution >= 0.6 is 11.3 Å². The van der Waals surface area contributed by atoms with Gasteiger partial charge in [-0.1, -0.05) is 0 Å². The molecule has 0 aromatic carbocycles. The first-order chi connectivity index (χ1) is 6.84. The van der Waals surface area contributed by atoms with Crippen LogP contribution in [0.15, 0.2) is 10.9 Å². The molecule has 1 rings (SSSR count). The predicted octanol–water partition coefficient (Wildman–Crippen LogP) is 1.57. The van der Waals surface area contributed by atoms with E-state index in [0.29, 0.717) is 18.7 Å². The van der Waals surface area contributed by atoms with Gasteiger partial charge in [-0.05, 0) is 12.8 Å². The Hall–Kier alpha value is -1.41. The Morgan fingerprint density at radius 3 is 3.14 bits per heavy atom. The third-order valence-corrected chi connectivity index (χ3v) is 2.25. The largest absolute Gasteiger partial charge is 0.351 e. The topological polar surface area (TPSA) is 65.8 Å². The molecule has 1 heterocycles. The second-order valence-corrected chi connectivity index (χ2v) is 3.46. The molecule has 0 aliphatic heterocycles. The van der Waals surface area contributed by atoms with Crippen LogP contribution in [0.25, 0.3) is 0 Å². The molecule has 1 aromatic heterocycles. The van der Waals surface area contributed by atoms with Crippen molar-refractivity contribution in [1.82, 2.24) is 10.3 Å². The van der Waals surface area contributed by atoms with Crippen molar-refractivity contribution in [2.75, 3.05) is 6.54 Å². The SMILES string of the molecule is N#CCCCCNC(=O)c1cscn1. The van der Waals surface area contributed by atoms with Crippen LogP contribution in [0.5, 0.6) is 0 Å². The molecule has 0 unspecified atom stereocenters. The van der Waals surface area contributed by atoms with Crippen LogP contribution in [-0.4, -0.2) is 17.4 Å². The zero-order chi connectivity index (χ0) is 10.2. The summed E-state index contributed by atoms with van der Waals surface area (Å²) in [5, 5.41) is 12.7. The molecule has 0 aliphatic rings. The minimum atomic E-state index is -0.136. The van der Waals surface area contributed by atoms with Crippen molar-refractivity contribution < 1.29 is 4.79 Å². The highest BCUT2D eigenvalue weighted by atomic mass is 32.1. The van der Waals surface area contributed by atoms with E-state index in [4.69, 9.17) is 5.26 Å². The summed E-state index contributed by atoms with van der Waals surface area (Å²) < 4.78 is 0. The molecule has 0 bridgehead atoms. The van der Waals surface area contributed by atoms with E-state index in [1.54, 1.807) is 10.9 Å². The van der Waals surface area contributed by atoms with Gasteiger partial charge in [0.25, 0.3) is 5.91 Å². The first kappa shape index (κ1) is 10.7. The van der Waals surface area contributed by atoms with Gasteiger partial charge < -0.3 is 5.32 Å².